The third kappa shape index (κ3) is 4.93. The first-order valence-electron chi connectivity index (χ1n) is 11.2. The van der Waals surface area contributed by atoms with Crippen molar-refractivity contribution in [2.45, 2.75) is 19.3 Å². The van der Waals surface area contributed by atoms with Crippen LogP contribution in [0, 0.1) is 5.92 Å². The number of nitrogens with zero attached hydrogens (tertiary/aromatic N) is 3. The first kappa shape index (κ1) is 21.4. The van der Waals surface area contributed by atoms with Gasteiger partial charge in [-0.25, -0.2) is 0 Å². The van der Waals surface area contributed by atoms with Gasteiger partial charge in [0.05, 0.1) is 12.7 Å². The van der Waals surface area contributed by atoms with E-state index in [0.717, 1.165) is 54.8 Å². The molecule has 1 fully saturated rings. The number of carbonyl (C=O) groups excluding carboxylic acids is 1. The van der Waals surface area contributed by atoms with E-state index in [4.69, 9.17) is 4.74 Å². The molecule has 1 aliphatic rings. The molecule has 164 valence electrons. The Kier molecular flexibility index (Phi) is 6.62. The van der Waals surface area contributed by atoms with Crippen molar-refractivity contribution in [2.75, 3.05) is 40.3 Å². The van der Waals surface area contributed by atoms with E-state index in [1.807, 2.05) is 60.1 Å². The molecule has 0 unspecified atom stereocenters. The Hall–Kier alpha value is -2.79. The van der Waals surface area contributed by atoms with Gasteiger partial charge in [-0.15, -0.1) is 0 Å². The van der Waals surface area contributed by atoms with Crippen LogP contribution in [0.25, 0.3) is 10.9 Å². The van der Waals surface area contributed by atoms with E-state index in [0.29, 0.717) is 5.92 Å². The van der Waals surface area contributed by atoms with Gasteiger partial charge in [0, 0.05) is 50.8 Å². The van der Waals surface area contributed by atoms with E-state index in [1.54, 1.807) is 7.11 Å². The largest absolute Gasteiger partial charge is 0.497 e. The minimum absolute atomic E-state index is 0.118. The van der Waals surface area contributed by atoms with Gasteiger partial charge in [-0.1, -0.05) is 30.3 Å². The van der Waals surface area contributed by atoms with Crippen LogP contribution in [0.1, 0.15) is 28.8 Å². The highest BCUT2D eigenvalue weighted by Crippen LogP contribution is 2.23. The van der Waals surface area contributed by atoms with Gasteiger partial charge in [0.15, 0.2) is 0 Å². The maximum Gasteiger partial charge on any atom is 0.255 e. The number of amides is 1. The highest BCUT2D eigenvalue weighted by molar-refractivity contribution is 6.06. The average molecular weight is 420 g/mol. The van der Waals surface area contributed by atoms with Crippen LogP contribution in [-0.4, -0.2) is 60.6 Å². The van der Waals surface area contributed by atoms with Gasteiger partial charge in [0.1, 0.15) is 5.75 Å². The second kappa shape index (κ2) is 9.56. The molecule has 0 saturated carbocycles. The zero-order valence-corrected chi connectivity index (χ0v) is 18.9. The molecule has 0 N–H and O–H groups in total. The zero-order chi connectivity index (χ0) is 21.8. The summed E-state index contributed by atoms with van der Waals surface area (Å²) in [5.74, 6) is 1.54. The summed E-state index contributed by atoms with van der Waals surface area (Å²) >= 11 is 0. The predicted molar refractivity (Wildman–Crippen MR) is 126 cm³/mol. The van der Waals surface area contributed by atoms with Gasteiger partial charge in [-0.05, 0) is 55.5 Å². The summed E-state index contributed by atoms with van der Waals surface area (Å²) in [6.07, 6.45) is 5.39. The van der Waals surface area contributed by atoms with Crippen molar-refractivity contribution in [1.29, 1.82) is 0 Å². The smallest absolute Gasteiger partial charge is 0.255 e. The first-order valence-corrected chi connectivity index (χ1v) is 11.2. The third-order valence-corrected chi connectivity index (χ3v) is 6.48. The highest BCUT2D eigenvalue weighted by atomic mass is 16.5. The molecule has 5 nitrogen and oxygen atoms in total. The molecule has 0 spiro atoms. The van der Waals surface area contributed by atoms with Crippen LogP contribution < -0.4 is 4.74 Å². The lowest BCUT2D eigenvalue weighted by atomic mass is 9.96. The maximum atomic E-state index is 13.2. The van der Waals surface area contributed by atoms with E-state index < -0.39 is 0 Å². The van der Waals surface area contributed by atoms with E-state index in [1.165, 1.54) is 18.4 Å². The monoisotopic (exact) mass is 419 g/mol. The van der Waals surface area contributed by atoms with Crippen LogP contribution in [0.5, 0.6) is 5.75 Å². The summed E-state index contributed by atoms with van der Waals surface area (Å²) < 4.78 is 7.29. The average Bonchev–Trinajstić information content (AvgIpc) is 3.14. The summed E-state index contributed by atoms with van der Waals surface area (Å²) in [7, 11) is 5.65. The highest BCUT2D eigenvalue weighted by Gasteiger charge is 2.24. The molecule has 2 aromatic carbocycles. The molecule has 5 heteroatoms. The number of likely N-dealkylation sites (tertiary alicyclic amines) is 1. The number of hydrogen-bond acceptors (Lipinski definition) is 3. The van der Waals surface area contributed by atoms with Crippen LogP contribution in [-0.2, 0) is 13.5 Å². The number of rotatable bonds is 7. The SMILES string of the molecule is COc1ccc(CCN2CCC[C@@H](CN(C)C(=O)c3cn(C)c4ccccc34)C2)cc1. The minimum atomic E-state index is 0.118. The molecular weight excluding hydrogens is 386 g/mol. The Labute approximate surface area is 185 Å². The summed E-state index contributed by atoms with van der Waals surface area (Å²) in [4.78, 5) is 17.6. The van der Waals surface area contributed by atoms with Gasteiger partial charge >= 0.3 is 0 Å². The maximum absolute atomic E-state index is 13.2. The van der Waals surface area contributed by atoms with Crippen molar-refractivity contribution >= 4 is 16.8 Å². The van der Waals surface area contributed by atoms with Crippen molar-refractivity contribution in [2.24, 2.45) is 13.0 Å². The number of ether oxygens (including phenoxy) is 1. The van der Waals surface area contributed by atoms with Crippen LogP contribution in [0.15, 0.2) is 54.7 Å². The number of carbonyl (C=O) groups is 1. The molecule has 1 saturated heterocycles. The minimum Gasteiger partial charge on any atom is -0.497 e. The first-order chi connectivity index (χ1) is 15.0. The fraction of sp³-hybridized carbons (Fsp3) is 0.423. The van der Waals surface area contributed by atoms with Crippen molar-refractivity contribution in [1.82, 2.24) is 14.4 Å². The van der Waals surface area contributed by atoms with E-state index in [9.17, 15) is 4.79 Å². The lowest BCUT2D eigenvalue weighted by molar-refractivity contribution is 0.0732. The van der Waals surface area contributed by atoms with Gasteiger partial charge in [-0.2, -0.15) is 0 Å². The fourth-order valence-electron chi connectivity index (χ4n) is 4.77. The van der Waals surface area contributed by atoms with Gasteiger partial charge in [-0.3, -0.25) is 4.79 Å². The molecule has 0 aliphatic carbocycles. The molecule has 31 heavy (non-hydrogen) atoms. The van der Waals surface area contributed by atoms with Crippen LogP contribution in [0.2, 0.25) is 0 Å². The van der Waals surface area contributed by atoms with Gasteiger partial charge < -0.3 is 19.1 Å². The van der Waals surface area contributed by atoms with E-state index in [2.05, 4.69) is 23.1 Å². The second-order valence-corrected chi connectivity index (χ2v) is 8.76. The molecule has 0 bridgehead atoms. The molecule has 4 rings (SSSR count). The quantitative estimate of drug-likeness (QED) is 0.576. The molecule has 2 heterocycles. The molecule has 3 aromatic rings. The molecule has 0 radical (unpaired) electrons. The van der Waals surface area contributed by atoms with Crippen LogP contribution >= 0.6 is 0 Å². The normalized spacial score (nSPS) is 17.1. The van der Waals surface area contributed by atoms with Gasteiger partial charge in [0.25, 0.3) is 5.91 Å². The van der Waals surface area contributed by atoms with Crippen LogP contribution in [0.4, 0.5) is 0 Å². The Balaban J connectivity index is 1.33. The lowest BCUT2D eigenvalue weighted by Crippen LogP contribution is -2.42. The summed E-state index contributed by atoms with van der Waals surface area (Å²) in [6, 6.07) is 16.5. The fourth-order valence-corrected chi connectivity index (χ4v) is 4.77. The zero-order valence-electron chi connectivity index (χ0n) is 18.9. The summed E-state index contributed by atoms with van der Waals surface area (Å²) in [6.45, 7) is 4.07. The Bertz CT molecular complexity index is 1020. The van der Waals surface area contributed by atoms with Crippen molar-refractivity contribution in [3.8, 4) is 5.75 Å². The van der Waals surface area contributed by atoms with Gasteiger partial charge in [0.2, 0.25) is 0 Å². The number of fused-ring (bicyclic) bond motifs is 1. The number of piperidine rings is 1. The Morgan fingerprint density at radius 2 is 1.94 bits per heavy atom. The number of aromatic nitrogens is 1. The third-order valence-electron chi connectivity index (χ3n) is 6.48. The summed E-state index contributed by atoms with van der Waals surface area (Å²) in [5.41, 5.74) is 3.24. The number of benzene rings is 2. The van der Waals surface area contributed by atoms with E-state index >= 15 is 0 Å². The summed E-state index contributed by atoms with van der Waals surface area (Å²) in [5, 5.41) is 1.03. The number of hydrogen-bond donors (Lipinski definition) is 0. The molecule has 1 aromatic heterocycles. The number of para-hydroxylation sites is 1. The standard InChI is InChI=1S/C26H33N3O2/c1-27-19-24(23-8-4-5-9-25(23)27)26(30)28(2)17-21-7-6-15-29(18-21)16-14-20-10-12-22(31-3)13-11-20/h4-5,8-13,19,21H,6-7,14-18H2,1-3H3/t21-/m0/s1. The van der Waals surface area contributed by atoms with E-state index in [-0.39, 0.29) is 5.91 Å². The molecule has 1 amide bonds. The topological polar surface area (TPSA) is 37.7 Å². The molecule has 1 aliphatic heterocycles. The van der Waals surface area contributed by atoms with Crippen molar-refractivity contribution < 1.29 is 9.53 Å². The molecular formula is C26H33N3O2. The molecule has 1 atom stereocenters. The van der Waals surface area contributed by atoms with Crippen molar-refractivity contribution in [3.63, 3.8) is 0 Å². The number of aryl methyl sites for hydroxylation is 1. The van der Waals surface area contributed by atoms with Crippen LogP contribution in [0.3, 0.4) is 0 Å². The lowest BCUT2D eigenvalue weighted by Gasteiger charge is -2.34. The number of methoxy groups -OCH3 is 1. The Morgan fingerprint density at radius 3 is 2.71 bits per heavy atom. The Morgan fingerprint density at radius 1 is 1.16 bits per heavy atom. The second-order valence-electron chi connectivity index (χ2n) is 8.76. The predicted octanol–water partition coefficient (Wildman–Crippen LogP) is 4.21. The van der Waals surface area contributed by atoms with Crippen molar-refractivity contribution in [3.05, 3.63) is 65.9 Å².